The number of nitrogens with zero attached hydrogens (tertiary/aromatic N) is 1. The molecule has 124 valence electrons. The Morgan fingerprint density at radius 1 is 1.17 bits per heavy atom. The zero-order valence-corrected chi connectivity index (χ0v) is 13.4. The molecule has 0 radical (unpaired) electrons. The van der Waals surface area contributed by atoms with Crippen molar-refractivity contribution >= 4 is 23.3 Å². The maximum atomic E-state index is 12.3. The molecule has 2 aromatic rings. The monoisotopic (exact) mass is 325 g/mol. The van der Waals surface area contributed by atoms with Crippen LogP contribution in [-0.4, -0.2) is 30.0 Å². The van der Waals surface area contributed by atoms with Crippen LogP contribution in [0.4, 0.5) is 11.4 Å². The summed E-state index contributed by atoms with van der Waals surface area (Å²) >= 11 is 0. The lowest BCUT2D eigenvalue weighted by Gasteiger charge is -2.08. The van der Waals surface area contributed by atoms with Crippen LogP contribution in [-0.2, 0) is 4.74 Å². The average molecular weight is 325 g/mol. The van der Waals surface area contributed by atoms with E-state index in [1.165, 1.54) is 6.20 Å². The number of benzene rings is 1. The molecule has 0 unspecified atom stereocenters. The van der Waals surface area contributed by atoms with E-state index in [1.807, 2.05) is 0 Å². The highest BCUT2D eigenvalue weighted by Gasteiger charge is 2.09. The summed E-state index contributed by atoms with van der Waals surface area (Å²) in [6.07, 6.45) is 4.84. The molecule has 6 nitrogen and oxygen atoms in total. The van der Waals surface area contributed by atoms with Gasteiger partial charge in [-0.05, 0) is 37.3 Å². The first-order chi connectivity index (χ1) is 11.6. The van der Waals surface area contributed by atoms with Crippen molar-refractivity contribution in [2.24, 2.45) is 0 Å². The third-order valence-electron chi connectivity index (χ3n) is 3.10. The van der Waals surface area contributed by atoms with Gasteiger partial charge in [0, 0.05) is 24.6 Å². The number of ether oxygens (including phenoxy) is 1. The normalized spacial score (nSPS) is 9.88. The molecule has 1 aromatic carbocycles. The molecule has 1 amide bonds. The van der Waals surface area contributed by atoms with E-state index in [1.54, 1.807) is 49.5 Å². The minimum absolute atomic E-state index is 0.284. The number of esters is 1. The molecule has 0 aliphatic heterocycles. The zero-order chi connectivity index (χ0) is 17.4. The topological polar surface area (TPSA) is 80.3 Å². The van der Waals surface area contributed by atoms with Crippen LogP contribution in [0, 0.1) is 0 Å². The summed E-state index contributed by atoms with van der Waals surface area (Å²) in [7, 11) is 0. The van der Waals surface area contributed by atoms with Gasteiger partial charge in [0.1, 0.15) is 0 Å². The van der Waals surface area contributed by atoms with Crippen LogP contribution < -0.4 is 10.6 Å². The molecule has 0 fully saturated rings. The molecule has 0 saturated carbocycles. The molecule has 0 bridgehead atoms. The third-order valence-corrected chi connectivity index (χ3v) is 3.10. The first-order valence-corrected chi connectivity index (χ1v) is 7.52. The van der Waals surface area contributed by atoms with Crippen LogP contribution in [0.5, 0.6) is 0 Å². The van der Waals surface area contributed by atoms with E-state index in [4.69, 9.17) is 4.74 Å². The number of hydrogen-bond donors (Lipinski definition) is 2. The van der Waals surface area contributed by atoms with Crippen molar-refractivity contribution in [1.82, 2.24) is 4.98 Å². The van der Waals surface area contributed by atoms with Gasteiger partial charge in [-0.2, -0.15) is 0 Å². The summed E-state index contributed by atoms with van der Waals surface area (Å²) in [5.41, 5.74) is 2.18. The van der Waals surface area contributed by atoms with Crippen LogP contribution in [0.1, 0.15) is 27.6 Å². The largest absolute Gasteiger partial charge is 0.462 e. The molecule has 0 aliphatic carbocycles. The van der Waals surface area contributed by atoms with Crippen molar-refractivity contribution < 1.29 is 14.3 Å². The molecule has 24 heavy (non-hydrogen) atoms. The van der Waals surface area contributed by atoms with Crippen molar-refractivity contribution in [3.63, 3.8) is 0 Å². The second-order valence-corrected chi connectivity index (χ2v) is 4.88. The molecule has 2 rings (SSSR count). The highest BCUT2D eigenvalue weighted by molar-refractivity contribution is 6.04. The average Bonchev–Trinajstić information content (AvgIpc) is 2.61. The van der Waals surface area contributed by atoms with E-state index in [0.717, 1.165) is 5.69 Å². The first kappa shape index (κ1) is 17.2. The van der Waals surface area contributed by atoms with E-state index >= 15 is 0 Å². The van der Waals surface area contributed by atoms with Crippen LogP contribution in [0.25, 0.3) is 0 Å². The summed E-state index contributed by atoms with van der Waals surface area (Å²) in [5, 5.41) is 5.83. The maximum Gasteiger partial charge on any atom is 0.338 e. The van der Waals surface area contributed by atoms with Crippen LogP contribution in [0.2, 0.25) is 0 Å². The van der Waals surface area contributed by atoms with Crippen LogP contribution in [0.3, 0.4) is 0 Å². The highest BCUT2D eigenvalue weighted by atomic mass is 16.5. The van der Waals surface area contributed by atoms with E-state index in [0.29, 0.717) is 30.0 Å². The molecule has 2 N–H and O–H groups in total. The lowest BCUT2D eigenvalue weighted by molar-refractivity contribution is 0.0526. The highest BCUT2D eigenvalue weighted by Crippen LogP contribution is 2.14. The number of carbonyl (C=O) groups excluding carboxylic acids is 2. The molecular formula is C18H19N3O3. The Labute approximate surface area is 140 Å². The van der Waals surface area contributed by atoms with Gasteiger partial charge in [-0.15, -0.1) is 6.58 Å². The van der Waals surface area contributed by atoms with Gasteiger partial charge in [0.25, 0.3) is 5.91 Å². The van der Waals surface area contributed by atoms with Crippen molar-refractivity contribution in [2.75, 3.05) is 23.8 Å². The number of hydrogen-bond acceptors (Lipinski definition) is 5. The van der Waals surface area contributed by atoms with E-state index in [9.17, 15) is 9.59 Å². The molecule has 0 aliphatic rings. The first-order valence-electron chi connectivity index (χ1n) is 7.52. The summed E-state index contributed by atoms with van der Waals surface area (Å²) in [5.74, 6) is -0.672. The third kappa shape index (κ3) is 4.67. The number of carbonyl (C=O) groups is 2. The van der Waals surface area contributed by atoms with E-state index in [-0.39, 0.29) is 11.9 Å². The van der Waals surface area contributed by atoms with Crippen LogP contribution >= 0.6 is 0 Å². The Hall–Kier alpha value is -3.15. The lowest BCUT2D eigenvalue weighted by atomic mass is 10.2. The molecule has 6 heteroatoms. The Morgan fingerprint density at radius 2 is 1.92 bits per heavy atom. The SMILES string of the molecule is C=CCNc1cncc(C(=O)Nc2ccc(C(=O)OCC)cc2)c1. The van der Waals surface area contributed by atoms with Gasteiger partial charge < -0.3 is 15.4 Å². The lowest BCUT2D eigenvalue weighted by Crippen LogP contribution is -2.13. The van der Waals surface area contributed by atoms with Gasteiger partial charge in [0.2, 0.25) is 0 Å². The fourth-order valence-electron chi connectivity index (χ4n) is 1.96. The summed E-state index contributed by atoms with van der Waals surface area (Å²) < 4.78 is 4.92. The summed E-state index contributed by atoms with van der Waals surface area (Å²) in [4.78, 5) is 27.9. The Balaban J connectivity index is 2.04. The minimum Gasteiger partial charge on any atom is -0.462 e. The predicted molar refractivity (Wildman–Crippen MR) is 93.3 cm³/mol. The fourth-order valence-corrected chi connectivity index (χ4v) is 1.96. The van der Waals surface area contributed by atoms with Crippen molar-refractivity contribution in [1.29, 1.82) is 0 Å². The smallest absolute Gasteiger partial charge is 0.338 e. The minimum atomic E-state index is -0.388. The number of anilines is 2. The molecule has 1 aromatic heterocycles. The molecule has 1 heterocycles. The van der Waals surface area contributed by atoms with Crippen molar-refractivity contribution in [3.05, 3.63) is 66.5 Å². The molecular weight excluding hydrogens is 306 g/mol. The zero-order valence-electron chi connectivity index (χ0n) is 13.4. The van der Waals surface area contributed by atoms with Crippen molar-refractivity contribution in [3.8, 4) is 0 Å². The number of pyridine rings is 1. The van der Waals surface area contributed by atoms with Crippen molar-refractivity contribution in [2.45, 2.75) is 6.92 Å². The van der Waals surface area contributed by atoms with Gasteiger partial charge in [-0.3, -0.25) is 9.78 Å². The number of nitrogens with one attached hydrogen (secondary N) is 2. The van der Waals surface area contributed by atoms with Gasteiger partial charge in [-0.25, -0.2) is 4.79 Å². The number of rotatable bonds is 7. The quantitative estimate of drug-likeness (QED) is 0.604. The summed E-state index contributed by atoms with van der Waals surface area (Å²) in [6.45, 7) is 6.28. The number of aromatic nitrogens is 1. The van der Waals surface area contributed by atoms with E-state index < -0.39 is 0 Å². The maximum absolute atomic E-state index is 12.3. The molecule has 0 saturated heterocycles. The Morgan fingerprint density at radius 3 is 2.58 bits per heavy atom. The summed E-state index contributed by atoms with van der Waals surface area (Å²) in [6, 6.07) is 8.22. The van der Waals surface area contributed by atoms with E-state index in [2.05, 4.69) is 22.2 Å². The standard InChI is InChI=1S/C18H19N3O3/c1-3-9-20-16-10-14(11-19-12-16)17(22)21-15-7-5-13(6-8-15)18(23)24-4-2/h3,5-8,10-12,20H,1,4,9H2,2H3,(H,21,22). The van der Waals surface area contributed by atoms with Gasteiger partial charge >= 0.3 is 5.97 Å². The Kier molecular flexibility index (Phi) is 6.08. The fraction of sp³-hybridized carbons (Fsp3) is 0.167. The van der Waals surface area contributed by atoms with Gasteiger partial charge in [0.15, 0.2) is 0 Å². The van der Waals surface area contributed by atoms with Crippen LogP contribution in [0.15, 0.2) is 55.4 Å². The second kappa shape index (κ2) is 8.47. The predicted octanol–water partition coefficient (Wildman–Crippen LogP) is 3.11. The second-order valence-electron chi connectivity index (χ2n) is 4.88. The Bertz CT molecular complexity index is 727. The molecule has 0 atom stereocenters. The molecule has 0 spiro atoms. The number of amides is 1. The van der Waals surface area contributed by atoms with Gasteiger partial charge in [0.05, 0.1) is 23.4 Å². The van der Waals surface area contributed by atoms with Gasteiger partial charge in [-0.1, -0.05) is 6.08 Å².